The van der Waals surface area contributed by atoms with Crippen LogP contribution < -0.4 is 4.49 Å². The van der Waals surface area contributed by atoms with Gasteiger partial charge in [0, 0.05) is 21.9 Å². The average Bonchev–Trinajstić information content (AvgIpc) is 3.35. The Labute approximate surface area is 321 Å². The molecule has 0 radical (unpaired) electrons. The van der Waals surface area contributed by atoms with Crippen LogP contribution in [0.4, 0.5) is 13.2 Å². The Morgan fingerprint density at radius 3 is 1.25 bits per heavy atom. The first-order valence-electron chi connectivity index (χ1n) is 19.0. The van der Waals surface area contributed by atoms with Crippen LogP contribution in [0.2, 0.25) is 0 Å². The van der Waals surface area contributed by atoms with Crippen LogP contribution in [0.15, 0.2) is 93.3 Å². The lowest BCUT2D eigenvalue weighted by Crippen LogP contribution is -2.28. The number of nitrogens with one attached hydrogen (secondary N) is 1. The highest BCUT2D eigenvalue weighted by Gasteiger charge is 2.47. The third-order valence-corrected chi connectivity index (χ3v) is 13.6. The summed E-state index contributed by atoms with van der Waals surface area (Å²) in [6.07, 6.45) is 4.46. The van der Waals surface area contributed by atoms with Gasteiger partial charge in [-0.2, -0.15) is 13.2 Å². The van der Waals surface area contributed by atoms with Crippen LogP contribution in [0.1, 0.15) is 74.9 Å². The topological polar surface area (TPSA) is 72.5 Å². The Balaban J connectivity index is 1.82. The van der Waals surface area contributed by atoms with Gasteiger partial charge in [-0.15, -0.1) is 4.49 Å². The molecule has 1 aromatic heterocycles. The van der Waals surface area contributed by atoms with E-state index in [1.807, 2.05) is 65.2 Å². The third-order valence-electron chi connectivity index (χ3n) is 10.7. The number of halogens is 3. The highest BCUT2D eigenvalue weighted by Crippen LogP contribution is 2.49. The molecule has 0 fully saturated rings. The maximum atomic E-state index is 14.2. The highest BCUT2D eigenvalue weighted by atomic mass is 32.2. The second-order valence-electron chi connectivity index (χ2n) is 13.9. The van der Waals surface area contributed by atoms with E-state index in [0.29, 0.717) is 47.6 Å². The van der Waals surface area contributed by atoms with Crippen molar-refractivity contribution in [3.05, 3.63) is 118 Å². The molecule has 286 valence electrons. The van der Waals surface area contributed by atoms with E-state index in [-0.39, 0.29) is 11.2 Å². The molecule has 1 heterocycles. The van der Waals surface area contributed by atoms with E-state index >= 15 is 0 Å². The van der Waals surface area contributed by atoms with E-state index in [2.05, 4.69) is 65.8 Å². The Morgan fingerprint density at radius 1 is 0.564 bits per heavy atom. The fraction of sp³-hybridized carbons (Fsp3) is 0.289. The van der Waals surface area contributed by atoms with Crippen molar-refractivity contribution in [2.75, 3.05) is 4.49 Å². The minimum Gasteiger partial charge on any atom is -0.407 e. The minimum atomic E-state index is -5.90. The molecular formula is C45H45F3NO4PS. The van der Waals surface area contributed by atoms with Crippen LogP contribution in [0.3, 0.4) is 0 Å². The Bertz CT molecular complexity index is 2560. The standard InChI is InChI=1S/C45H45F3NO4PS/c1-7-27-21-29(9-3)39(30(10-4)22-27)37-25-33-17-13-15-19-35(33)41-42-36-20-16-14-18-34(36)26-38(40-31(11-5)23-28(8-2)24-32(40)12-6)44(42)53-54(52-43(37)41)49-55(50,51)45(46,47)48/h13-26,49H,7-12H2,1-6H3. The molecule has 0 aliphatic rings. The zero-order valence-corrected chi connectivity index (χ0v) is 33.7. The number of hydrogen-bond donors (Lipinski definition) is 1. The molecule has 0 spiro atoms. The van der Waals surface area contributed by atoms with Crippen molar-refractivity contribution in [2.24, 2.45) is 0 Å². The number of rotatable bonds is 10. The molecule has 0 atom stereocenters. The number of hydrogen-bond acceptors (Lipinski definition) is 4. The van der Waals surface area contributed by atoms with Crippen LogP contribution in [0, 0.1) is 0 Å². The molecule has 0 aliphatic carbocycles. The predicted molar refractivity (Wildman–Crippen MR) is 223 cm³/mol. The highest BCUT2D eigenvalue weighted by molar-refractivity contribution is 7.98. The predicted octanol–water partition coefficient (Wildman–Crippen LogP) is 13.7. The van der Waals surface area contributed by atoms with Crippen molar-refractivity contribution in [1.82, 2.24) is 0 Å². The van der Waals surface area contributed by atoms with Crippen LogP contribution in [-0.2, 0) is 48.5 Å². The van der Waals surface area contributed by atoms with Gasteiger partial charge in [0.2, 0.25) is 0 Å². The third kappa shape index (κ3) is 6.85. The van der Waals surface area contributed by atoms with Crippen LogP contribution in [-0.4, -0.2) is 13.9 Å². The van der Waals surface area contributed by atoms with Crippen molar-refractivity contribution in [3.63, 3.8) is 0 Å². The van der Waals surface area contributed by atoms with Crippen molar-refractivity contribution in [2.45, 2.75) is 85.6 Å². The largest absolute Gasteiger partial charge is 0.512 e. The van der Waals surface area contributed by atoms with E-state index in [0.717, 1.165) is 67.8 Å². The number of alkyl halides is 3. The molecule has 0 aliphatic heterocycles. The molecule has 10 heteroatoms. The minimum absolute atomic E-state index is 0.275. The van der Waals surface area contributed by atoms with Crippen molar-refractivity contribution >= 4 is 61.7 Å². The van der Waals surface area contributed by atoms with Crippen molar-refractivity contribution in [3.8, 4) is 22.3 Å². The lowest BCUT2D eigenvalue weighted by Gasteiger charge is -2.19. The van der Waals surface area contributed by atoms with E-state index in [9.17, 15) is 21.6 Å². The summed E-state index contributed by atoms with van der Waals surface area (Å²) >= 11 is 0. The summed E-state index contributed by atoms with van der Waals surface area (Å²) in [5.74, 6) is 0. The Hall–Kier alpha value is -4.56. The molecule has 1 N–H and O–H groups in total. The summed E-state index contributed by atoms with van der Waals surface area (Å²) in [5, 5.41) is 4.70. The summed E-state index contributed by atoms with van der Waals surface area (Å²) in [7, 11) is -8.88. The number of benzene rings is 6. The van der Waals surface area contributed by atoms with Gasteiger partial charge in [-0.05, 0) is 117 Å². The zero-order chi connectivity index (χ0) is 39.2. The Kier molecular flexibility index (Phi) is 10.7. The summed E-state index contributed by atoms with van der Waals surface area (Å²) < 4.78 is 83.6. The van der Waals surface area contributed by atoms with Gasteiger partial charge in [0.25, 0.3) is 0 Å². The molecule has 55 heavy (non-hydrogen) atoms. The molecular weight excluding hydrogens is 739 g/mol. The van der Waals surface area contributed by atoms with Crippen molar-refractivity contribution < 1.29 is 30.0 Å². The monoisotopic (exact) mass is 783 g/mol. The number of fused-ring (bicyclic) bond motifs is 7. The van der Waals surface area contributed by atoms with Gasteiger partial charge in [-0.3, -0.25) is 0 Å². The van der Waals surface area contributed by atoms with E-state index < -0.39 is 23.7 Å². The summed E-state index contributed by atoms with van der Waals surface area (Å²) in [6, 6.07) is 28.5. The molecule has 0 saturated heterocycles. The molecule has 0 unspecified atom stereocenters. The summed E-state index contributed by atoms with van der Waals surface area (Å²) in [6.45, 7) is 12.6. The van der Waals surface area contributed by atoms with Crippen LogP contribution in [0.25, 0.3) is 65.7 Å². The maximum absolute atomic E-state index is 14.2. The molecule has 0 saturated carbocycles. The smallest absolute Gasteiger partial charge is 0.407 e. The fourth-order valence-electron chi connectivity index (χ4n) is 7.98. The lowest BCUT2D eigenvalue weighted by molar-refractivity contribution is -0.0428. The molecule has 5 nitrogen and oxygen atoms in total. The second-order valence-corrected chi connectivity index (χ2v) is 17.0. The Morgan fingerprint density at radius 2 is 0.927 bits per heavy atom. The van der Waals surface area contributed by atoms with Gasteiger partial charge in [0.15, 0.2) is 11.2 Å². The van der Waals surface area contributed by atoms with Gasteiger partial charge in [-0.25, -0.2) is 8.42 Å². The second kappa shape index (κ2) is 15.2. The number of aryl methyl sites for hydroxylation is 6. The van der Waals surface area contributed by atoms with E-state index in [4.69, 9.17) is 8.39 Å². The van der Waals surface area contributed by atoms with Crippen LogP contribution in [0.5, 0.6) is 0 Å². The maximum Gasteiger partial charge on any atom is 0.512 e. The van der Waals surface area contributed by atoms with Gasteiger partial charge >= 0.3 is 23.7 Å². The summed E-state index contributed by atoms with van der Waals surface area (Å²) in [5.41, 5.74) is 4.79. The normalized spacial score (nSPS) is 12.4. The fourth-order valence-corrected chi connectivity index (χ4v) is 10.2. The molecule has 6 aromatic carbocycles. The number of sulfonamides is 1. The average molecular weight is 784 g/mol. The quantitative estimate of drug-likeness (QED) is 0.150. The van der Waals surface area contributed by atoms with Crippen molar-refractivity contribution in [1.29, 1.82) is 0 Å². The SMILES string of the molecule is CCc1cc(CC)c(-c2cc3ccccc3c3c2op(NS(=O)(=O)C(F)(F)F)oc2c(-c4c(CC)cc(CC)cc4CC)cc4ccccc4c23)c(CC)c1. The molecule has 7 aromatic rings. The van der Waals surface area contributed by atoms with Gasteiger partial charge < -0.3 is 8.39 Å². The zero-order valence-electron chi connectivity index (χ0n) is 31.9. The van der Waals surface area contributed by atoms with E-state index in [1.165, 1.54) is 11.1 Å². The molecule has 7 rings (SSSR count). The first-order valence-corrected chi connectivity index (χ1v) is 21.7. The van der Waals surface area contributed by atoms with Gasteiger partial charge in [0.05, 0.1) is 0 Å². The summed E-state index contributed by atoms with van der Waals surface area (Å²) in [4.78, 5) is 0. The first kappa shape index (κ1) is 38.7. The van der Waals surface area contributed by atoms with Crippen LogP contribution >= 0.6 is 8.16 Å². The molecule has 0 amide bonds. The van der Waals surface area contributed by atoms with Gasteiger partial charge in [0.1, 0.15) is 0 Å². The van der Waals surface area contributed by atoms with E-state index in [1.54, 1.807) is 0 Å². The van der Waals surface area contributed by atoms with Gasteiger partial charge in [-0.1, -0.05) is 114 Å². The lowest BCUT2D eigenvalue weighted by atomic mass is 9.85. The molecule has 0 bridgehead atoms. The first-order chi connectivity index (χ1) is 26.4.